The summed E-state index contributed by atoms with van der Waals surface area (Å²) in [5, 5.41) is 9.20. The Morgan fingerprint density at radius 2 is 2.36 bits per heavy atom. The number of hydrogen-bond donors (Lipinski definition) is 1. The summed E-state index contributed by atoms with van der Waals surface area (Å²) < 4.78 is 0. The number of β-amino-alcohol motifs (C(OH)–C–C–N with tert-alkyl or cyclic N) is 1. The molecule has 0 aliphatic carbocycles. The van der Waals surface area contributed by atoms with Gasteiger partial charge in [-0.15, -0.1) is 0 Å². The van der Waals surface area contributed by atoms with Gasteiger partial charge in [-0.2, -0.15) is 0 Å². The van der Waals surface area contributed by atoms with Crippen molar-refractivity contribution in [2.75, 3.05) is 19.6 Å². The van der Waals surface area contributed by atoms with E-state index < -0.39 is 0 Å². The van der Waals surface area contributed by atoms with Crippen molar-refractivity contribution >= 4 is 0 Å². The van der Waals surface area contributed by atoms with Crippen LogP contribution in [0.15, 0.2) is 11.6 Å². The smallest absolute Gasteiger partial charge is 0.0679 e. The first kappa shape index (κ1) is 8.75. The zero-order valence-electron chi connectivity index (χ0n) is 7.38. The SMILES string of the molecule is CC(C)=CCN1CC[C@@H](O)C1. The second kappa shape index (κ2) is 3.88. The largest absolute Gasteiger partial charge is 0.392 e. The van der Waals surface area contributed by atoms with Crippen LogP contribution < -0.4 is 0 Å². The number of rotatable bonds is 2. The normalized spacial score (nSPS) is 25.5. The van der Waals surface area contributed by atoms with Crippen LogP contribution in [-0.4, -0.2) is 35.7 Å². The van der Waals surface area contributed by atoms with Crippen LogP contribution in [0.4, 0.5) is 0 Å². The molecular weight excluding hydrogens is 138 g/mol. The lowest BCUT2D eigenvalue weighted by molar-refractivity contribution is 0.179. The third-order valence-corrected chi connectivity index (χ3v) is 2.01. The van der Waals surface area contributed by atoms with E-state index in [1.165, 1.54) is 5.57 Å². The fourth-order valence-corrected chi connectivity index (χ4v) is 1.29. The predicted molar refractivity (Wildman–Crippen MR) is 46.5 cm³/mol. The molecule has 0 bridgehead atoms. The second-order valence-corrected chi connectivity index (χ2v) is 3.48. The molecule has 0 saturated carbocycles. The fraction of sp³-hybridized carbons (Fsp3) is 0.778. The Morgan fingerprint density at radius 1 is 1.64 bits per heavy atom. The molecule has 1 heterocycles. The van der Waals surface area contributed by atoms with Gasteiger partial charge in [-0.3, -0.25) is 4.90 Å². The van der Waals surface area contributed by atoms with Crippen molar-refractivity contribution in [2.24, 2.45) is 0 Å². The maximum Gasteiger partial charge on any atom is 0.0679 e. The van der Waals surface area contributed by atoms with Crippen LogP contribution in [0.1, 0.15) is 20.3 Å². The standard InChI is InChI=1S/C9H17NO/c1-8(2)3-5-10-6-4-9(11)7-10/h3,9,11H,4-7H2,1-2H3/t9-/m1/s1. The van der Waals surface area contributed by atoms with Gasteiger partial charge < -0.3 is 5.11 Å². The first-order valence-electron chi connectivity index (χ1n) is 4.22. The van der Waals surface area contributed by atoms with Crippen LogP contribution in [-0.2, 0) is 0 Å². The molecule has 2 nitrogen and oxygen atoms in total. The number of nitrogens with zero attached hydrogens (tertiary/aromatic N) is 1. The Kier molecular flexibility index (Phi) is 3.09. The highest BCUT2D eigenvalue weighted by Gasteiger charge is 2.18. The van der Waals surface area contributed by atoms with Crippen LogP contribution in [0.3, 0.4) is 0 Å². The topological polar surface area (TPSA) is 23.5 Å². The molecule has 0 unspecified atom stereocenters. The molecular formula is C9H17NO. The highest BCUT2D eigenvalue weighted by atomic mass is 16.3. The lowest BCUT2D eigenvalue weighted by atomic mass is 10.3. The molecule has 11 heavy (non-hydrogen) atoms. The minimum Gasteiger partial charge on any atom is -0.392 e. The summed E-state index contributed by atoms with van der Waals surface area (Å²) in [5.74, 6) is 0. The molecule has 1 N–H and O–H groups in total. The molecule has 1 rings (SSSR count). The van der Waals surface area contributed by atoms with Gasteiger partial charge in [0, 0.05) is 19.6 Å². The van der Waals surface area contributed by atoms with E-state index in [1.807, 2.05) is 0 Å². The minimum atomic E-state index is -0.0828. The zero-order valence-corrected chi connectivity index (χ0v) is 7.38. The van der Waals surface area contributed by atoms with Crippen molar-refractivity contribution in [3.63, 3.8) is 0 Å². The maximum absolute atomic E-state index is 9.20. The highest BCUT2D eigenvalue weighted by molar-refractivity contribution is 4.95. The molecule has 1 saturated heterocycles. The molecule has 0 aromatic carbocycles. The van der Waals surface area contributed by atoms with Gasteiger partial charge in [-0.05, 0) is 20.3 Å². The minimum absolute atomic E-state index is 0.0828. The Bertz CT molecular complexity index is 150. The molecule has 1 aliphatic rings. The Hall–Kier alpha value is -0.340. The number of hydrogen-bond acceptors (Lipinski definition) is 2. The van der Waals surface area contributed by atoms with Gasteiger partial charge in [0.15, 0.2) is 0 Å². The van der Waals surface area contributed by atoms with Gasteiger partial charge >= 0.3 is 0 Å². The second-order valence-electron chi connectivity index (χ2n) is 3.48. The summed E-state index contributed by atoms with van der Waals surface area (Å²) in [6, 6.07) is 0. The number of aliphatic hydroxyl groups is 1. The molecule has 1 atom stereocenters. The predicted octanol–water partition coefficient (Wildman–Crippen LogP) is 1.02. The Morgan fingerprint density at radius 3 is 2.82 bits per heavy atom. The molecule has 1 aliphatic heterocycles. The summed E-state index contributed by atoms with van der Waals surface area (Å²) in [6.45, 7) is 7.10. The molecule has 0 amide bonds. The number of aliphatic hydroxyl groups excluding tert-OH is 1. The van der Waals surface area contributed by atoms with Crippen LogP contribution in [0.25, 0.3) is 0 Å². The number of allylic oxidation sites excluding steroid dienone is 1. The molecule has 0 spiro atoms. The Balaban J connectivity index is 2.23. The van der Waals surface area contributed by atoms with Gasteiger partial charge in [0.05, 0.1) is 6.10 Å². The van der Waals surface area contributed by atoms with Crippen LogP contribution in [0.2, 0.25) is 0 Å². The number of likely N-dealkylation sites (tertiary alicyclic amines) is 1. The van der Waals surface area contributed by atoms with E-state index >= 15 is 0 Å². The highest BCUT2D eigenvalue weighted by Crippen LogP contribution is 2.08. The van der Waals surface area contributed by atoms with E-state index in [2.05, 4.69) is 24.8 Å². The van der Waals surface area contributed by atoms with Gasteiger partial charge in [-0.1, -0.05) is 11.6 Å². The lowest BCUT2D eigenvalue weighted by Gasteiger charge is -2.11. The van der Waals surface area contributed by atoms with E-state index in [9.17, 15) is 5.11 Å². The monoisotopic (exact) mass is 155 g/mol. The van der Waals surface area contributed by atoms with Crippen molar-refractivity contribution < 1.29 is 5.11 Å². The van der Waals surface area contributed by atoms with Crippen molar-refractivity contribution in [1.29, 1.82) is 0 Å². The average Bonchev–Trinajstić information content (AvgIpc) is 2.31. The quantitative estimate of drug-likeness (QED) is 0.602. The molecule has 1 fully saturated rings. The first-order chi connectivity index (χ1) is 5.18. The van der Waals surface area contributed by atoms with E-state index in [-0.39, 0.29) is 6.10 Å². The molecule has 64 valence electrons. The first-order valence-corrected chi connectivity index (χ1v) is 4.22. The fourth-order valence-electron chi connectivity index (χ4n) is 1.29. The van der Waals surface area contributed by atoms with Crippen LogP contribution in [0.5, 0.6) is 0 Å². The molecule has 0 aromatic heterocycles. The molecule has 2 heteroatoms. The summed E-state index contributed by atoms with van der Waals surface area (Å²) in [6.07, 6.45) is 3.06. The van der Waals surface area contributed by atoms with Crippen molar-refractivity contribution in [3.05, 3.63) is 11.6 Å². The van der Waals surface area contributed by atoms with Crippen molar-refractivity contribution in [1.82, 2.24) is 4.90 Å². The third kappa shape index (κ3) is 3.04. The summed E-state index contributed by atoms with van der Waals surface area (Å²) in [7, 11) is 0. The maximum atomic E-state index is 9.20. The van der Waals surface area contributed by atoms with Crippen LogP contribution >= 0.6 is 0 Å². The van der Waals surface area contributed by atoms with Gasteiger partial charge in [0.25, 0.3) is 0 Å². The van der Waals surface area contributed by atoms with E-state index in [1.54, 1.807) is 0 Å². The van der Waals surface area contributed by atoms with Crippen LogP contribution in [0, 0.1) is 0 Å². The van der Waals surface area contributed by atoms with Gasteiger partial charge in [0.1, 0.15) is 0 Å². The average molecular weight is 155 g/mol. The zero-order chi connectivity index (χ0) is 8.27. The van der Waals surface area contributed by atoms with Crippen molar-refractivity contribution in [2.45, 2.75) is 26.4 Å². The van der Waals surface area contributed by atoms with E-state index in [0.717, 1.165) is 26.1 Å². The lowest BCUT2D eigenvalue weighted by Crippen LogP contribution is -2.22. The van der Waals surface area contributed by atoms with E-state index in [0.29, 0.717) is 0 Å². The third-order valence-electron chi connectivity index (χ3n) is 2.01. The summed E-state index contributed by atoms with van der Waals surface area (Å²) in [4.78, 5) is 2.28. The Labute approximate surface area is 68.5 Å². The van der Waals surface area contributed by atoms with Crippen molar-refractivity contribution in [3.8, 4) is 0 Å². The van der Waals surface area contributed by atoms with E-state index in [4.69, 9.17) is 0 Å². The molecule has 0 aromatic rings. The summed E-state index contributed by atoms with van der Waals surface area (Å²) in [5.41, 5.74) is 1.35. The van der Waals surface area contributed by atoms with Gasteiger partial charge in [0.2, 0.25) is 0 Å². The molecule has 0 radical (unpaired) electrons. The summed E-state index contributed by atoms with van der Waals surface area (Å²) >= 11 is 0. The van der Waals surface area contributed by atoms with Gasteiger partial charge in [-0.25, -0.2) is 0 Å².